The lowest BCUT2D eigenvalue weighted by atomic mass is 10.0. The highest BCUT2D eigenvalue weighted by Crippen LogP contribution is 2.34. The van der Waals surface area contributed by atoms with E-state index >= 15 is 0 Å². The highest BCUT2D eigenvalue weighted by atomic mass is 79.9. The van der Waals surface area contributed by atoms with E-state index in [1.807, 2.05) is 42.5 Å². The first-order chi connectivity index (χ1) is 13.0. The third-order valence-corrected chi connectivity index (χ3v) is 4.74. The molecule has 0 bridgehead atoms. The Morgan fingerprint density at radius 2 is 1.85 bits per heavy atom. The fraction of sp³-hybridized carbons (Fsp3) is 0.190. The summed E-state index contributed by atoms with van der Waals surface area (Å²) in [5, 5.41) is 12.3. The third kappa shape index (κ3) is 4.17. The molecule has 3 aromatic rings. The summed E-state index contributed by atoms with van der Waals surface area (Å²) in [5.74, 6) is -1.09. The van der Waals surface area contributed by atoms with Crippen LogP contribution in [0.25, 0.3) is 22.0 Å². The van der Waals surface area contributed by atoms with Crippen molar-refractivity contribution in [1.29, 1.82) is 0 Å². The van der Waals surface area contributed by atoms with Crippen molar-refractivity contribution in [1.82, 2.24) is 4.98 Å². The van der Waals surface area contributed by atoms with E-state index in [0.717, 1.165) is 16.3 Å². The molecule has 2 aromatic carbocycles. The zero-order chi connectivity index (χ0) is 19.4. The molecule has 6 heteroatoms. The van der Waals surface area contributed by atoms with Crippen molar-refractivity contribution in [3.05, 3.63) is 58.7 Å². The molecular formula is C21H18BrNO4. The van der Waals surface area contributed by atoms with Crippen molar-refractivity contribution in [2.24, 2.45) is 0 Å². The summed E-state index contributed by atoms with van der Waals surface area (Å²) in [6.07, 6.45) is -0.130. The van der Waals surface area contributed by atoms with Crippen LogP contribution in [0.5, 0.6) is 5.75 Å². The van der Waals surface area contributed by atoms with Gasteiger partial charge in [-0.05, 0) is 39.7 Å². The quantitative estimate of drug-likeness (QED) is 0.447. The molecule has 138 valence electrons. The van der Waals surface area contributed by atoms with Gasteiger partial charge in [-0.15, -0.1) is 0 Å². The Kier molecular flexibility index (Phi) is 5.86. The average Bonchev–Trinajstić information content (AvgIpc) is 2.68. The summed E-state index contributed by atoms with van der Waals surface area (Å²) in [6, 6.07) is 15.4. The first kappa shape index (κ1) is 19.0. The number of nitrogens with zero attached hydrogens (tertiary/aromatic N) is 1. The Morgan fingerprint density at radius 3 is 2.63 bits per heavy atom. The van der Waals surface area contributed by atoms with E-state index in [9.17, 15) is 14.7 Å². The molecule has 0 spiro atoms. The van der Waals surface area contributed by atoms with E-state index in [1.165, 1.54) is 0 Å². The number of ketones is 1. The second-order valence-corrected chi connectivity index (χ2v) is 6.80. The van der Waals surface area contributed by atoms with Crippen molar-refractivity contribution in [3.8, 4) is 17.0 Å². The molecule has 0 saturated carbocycles. The number of halogens is 1. The topological polar surface area (TPSA) is 76.5 Å². The predicted molar refractivity (Wildman–Crippen MR) is 107 cm³/mol. The minimum Gasteiger partial charge on any atom is -0.504 e. The van der Waals surface area contributed by atoms with E-state index in [1.54, 1.807) is 13.0 Å². The lowest BCUT2D eigenvalue weighted by Gasteiger charge is -2.11. The fourth-order valence-corrected chi connectivity index (χ4v) is 3.26. The second kappa shape index (κ2) is 8.31. The minimum atomic E-state index is -0.449. The smallest absolute Gasteiger partial charge is 0.306 e. The van der Waals surface area contributed by atoms with Gasteiger partial charge >= 0.3 is 5.97 Å². The predicted octanol–water partition coefficient (Wildman–Crippen LogP) is 4.90. The van der Waals surface area contributed by atoms with Gasteiger partial charge in [0, 0.05) is 12.0 Å². The number of fused-ring (bicyclic) bond motifs is 1. The number of aromatic nitrogens is 1. The van der Waals surface area contributed by atoms with Gasteiger partial charge in [-0.2, -0.15) is 0 Å². The number of rotatable bonds is 6. The van der Waals surface area contributed by atoms with Gasteiger partial charge < -0.3 is 9.84 Å². The maximum absolute atomic E-state index is 12.5. The van der Waals surface area contributed by atoms with Crippen molar-refractivity contribution < 1.29 is 19.4 Å². The molecule has 1 N–H and O–H groups in total. The van der Waals surface area contributed by atoms with Gasteiger partial charge in [-0.1, -0.05) is 42.5 Å². The summed E-state index contributed by atoms with van der Waals surface area (Å²) in [7, 11) is 0. The molecule has 0 unspecified atom stereocenters. The van der Waals surface area contributed by atoms with Crippen LogP contribution in [0.15, 0.2) is 53.0 Å². The van der Waals surface area contributed by atoms with Crippen LogP contribution in [-0.4, -0.2) is 28.4 Å². The standard InChI is InChI=1S/C21H18BrNO4/c1-2-27-19(25)11-10-18(24)20-21(26)16(22)12-17(23-20)15-9-5-7-13-6-3-4-8-14(13)15/h3-9,12,26H,2,10-11H2,1H3. The summed E-state index contributed by atoms with van der Waals surface area (Å²) >= 11 is 3.30. The Hall–Kier alpha value is -2.73. The molecule has 0 aliphatic heterocycles. The third-order valence-electron chi connectivity index (χ3n) is 4.14. The molecule has 0 radical (unpaired) electrons. The van der Waals surface area contributed by atoms with E-state index in [2.05, 4.69) is 20.9 Å². The van der Waals surface area contributed by atoms with Crippen LogP contribution in [0.4, 0.5) is 0 Å². The molecule has 0 atom stereocenters. The van der Waals surface area contributed by atoms with Gasteiger partial charge in [0.2, 0.25) is 0 Å². The molecule has 0 saturated heterocycles. The first-order valence-corrected chi connectivity index (χ1v) is 9.37. The number of pyridine rings is 1. The Bertz CT molecular complexity index is 1010. The first-order valence-electron chi connectivity index (χ1n) is 8.57. The van der Waals surface area contributed by atoms with Crippen molar-refractivity contribution in [2.45, 2.75) is 19.8 Å². The highest BCUT2D eigenvalue weighted by molar-refractivity contribution is 9.10. The number of hydrogen-bond acceptors (Lipinski definition) is 5. The fourth-order valence-electron chi connectivity index (χ4n) is 2.86. The van der Waals surface area contributed by atoms with E-state index in [-0.39, 0.29) is 30.9 Å². The number of benzene rings is 2. The Balaban J connectivity index is 1.99. The van der Waals surface area contributed by atoms with Gasteiger partial charge in [0.25, 0.3) is 0 Å². The number of carbonyl (C=O) groups is 2. The number of ether oxygens (including phenoxy) is 1. The van der Waals surface area contributed by atoms with Crippen LogP contribution < -0.4 is 0 Å². The van der Waals surface area contributed by atoms with Crippen molar-refractivity contribution >= 4 is 38.5 Å². The summed E-state index contributed by atoms with van der Waals surface area (Å²) in [5.41, 5.74) is 1.36. The van der Waals surface area contributed by atoms with Gasteiger partial charge in [-0.25, -0.2) is 4.98 Å². The number of hydrogen-bond donors (Lipinski definition) is 1. The average molecular weight is 428 g/mol. The molecule has 1 aromatic heterocycles. The van der Waals surface area contributed by atoms with Gasteiger partial charge in [0.1, 0.15) is 5.69 Å². The number of carbonyl (C=O) groups excluding carboxylic acids is 2. The molecule has 1 heterocycles. The zero-order valence-corrected chi connectivity index (χ0v) is 16.3. The normalized spacial score (nSPS) is 10.7. The summed E-state index contributed by atoms with van der Waals surface area (Å²) < 4.78 is 5.21. The van der Waals surface area contributed by atoms with E-state index in [0.29, 0.717) is 10.2 Å². The molecule has 3 rings (SSSR count). The largest absolute Gasteiger partial charge is 0.504 e. The van der Waals surface area contributed by atoms with Gasteiger partial charge in [0.15, 0.2) is 11.5 Å². The monoisotopic (exact) mass is 427 g/mol. The molecular weight excluding hydrogens is 410 g/mol. The van der Waals surface area contributed by atoms with Crippen LogP contribution in [0.3, 0.4) is 0 Å². The van der Waals surface area contributed by atoms with Gasteiger partial charge in [-0.3, -0.25) is 9.59 Å². The van der Waals surface area contributed by atoms with Crippen LogP contribution in [-0.2, 0) is 9.53 Å². The van der Waals surface area contributed by atoms with E-state index < -0.39 is 11.8 Å². The van der Waals surface area contributed by atoms with Crippen LogP contribution in [0.1, 0.15) is 30.3 Å². The maximum Gasteiger partial charge on any atom is 0.306 e. The molecule has 27 heavy (non-hydrogen) atoms. The highest BCUT2D eigenvalue weighted by Gasteiger charge is 2.20. The molecule has 0 aliphatic rings. The van der Waals surface area contributed by atoms with Gasteiger partial charge in [0.05, 0.1) is 23.2 Å². The maximum atomic E-state index is 12.5. The number of aromatic hydroxyl groups is 1. The molecule has 0 amide bonds. The molecule has 0 fully saturated rings. The number of esters is 1. The summed E-state index contributed by atoms with van der Waals surface area (Å²) in [4.78, 5) is 28.4. The van der Waals surface area contributed by atoms with Crippen molar-refractivity contribution in [2.75, 3.05) is 6.61 Å². The van der Waals surface area contributed by atoms with Crippen LogP contribution in [0, 0.1) is 0 Å². The molecule has 5 nitrogen and oxygen atoms in total. The van der Waals surface area contributed by atoms with Crippen LogP contribution in [0.2, 0.25) is 0 Å². The zero-order valence-electron chi connectivity index (χ0n) is 14.7. The Morgan fingerprint density at radius 1 is 1.11 bits per heavy atom. The molecule has 0 aliphatic carbocycles. The van der Waals surface area contributed by atoms with Crippen LogP contribution >= 0.6 is 15.9 Å². The minimum absolute atomic E-state index is 0.0517. The number of Topliss-reactive ketones (excluding diaryl/α,β-unsaturated/α-hetero) is 1. The SMILES string of the molecule is CCOC(=O)CCC(=O)c1nc(-c2cccc3ccccc23)cc(Br)c1O. The Labute approximate surface area is 165 Å². The van der Waals surface area contributed by atoms with Crippen molar-refractivity contribution in [3.63, 3.8) is 0 Å². The second-order valence-electron chi connectivity index (χ2n) is 5.94. The lowest BCUT2D eigenvalue weighted by molar-refractivity contribution is -0.143. The summed E-state index contributed by atoms with van der Waals surface area (Å²) in [6.45, 7) is 1.97. The lowest BCUT2D eigenvalue weighted by Crippen LogP contribution is -2.10. The van der Waals surface area contributed by atoms with E-state index in [4.69, 9.17) is 4.74 Å².